The van der Waals surface area contributed by atoms with E-state index in [0.29, 0.717) is 11.8 Å². The Labute approximate surface area is 206 Å². The fourth-order valence-corrected chi connectivity index (χ4v) is 5.17. The van der Waals surface area contributed by atoms with Crippen LogP contribution in [0.25, 0.3) is 0 Å². The predicted molar refractivity (Wildman–Crippen MR) is 114 cm³/mol. The quantitative estimate of drug-likeness (QED) is 0.363. The van der Waals surface area contributed by atoms with Crippen LogP contribution in [-0.4, -0.2) is 29.8 Å². The maximum absolute atomic E-state index is 6.26. The molecule has 0 unspecified atom stereocenters. The van der Waals surface area contributed by atoms with E-state index in [9.17, 15) is 0 Å². The van der Waals surface area contributed by atoms with Crippen molar-refractivity contribution in [1.82, 2.24) is 0 Å². The molecule has 0 aromatic carbocycles. The van der Waals surface area contributed by atoms with Crippen molar-refractivity contribution in [3.05, 3.63) is 48.6 Å². The minimum absolute atomic E-state index is 0. The van der Waals surface area contributed by atoms with Crippen LogP contribution in [0.4, 0.5) is 0 Å². The third kappa shape index (κ3) is 9.72. The van der Waals surface area contributed by atoms with Crippen LogP contribution in [-0.2, 0) is 35.1 Å². The van der Waals surface area contributed by atoms with Crippen molar-refractivity contribution in [1.29, 1.82) is 0 Å². The van der Waals surface area contributed by atoms with Gasteiger partial charge < -0.3 is 33.7 Å². The minimum Gasteiger partial charge on any atom is -1.00 e. The summed E-state index contributed by atoms with van der Waals surface area (Å²) in [7, 11) is -2.99. The zero-order valence-corrected chi connectivity index (χ0v) is 24.1. The molecule has 0 heterocycles. The van der Waals surface area contributed by atoms with Crippen LogP contribution in [0.2, 0.25) is 39.3 Å². The molecule has 0 N–H and O–H groups in total. The standard InChI is InChI=1S/C21H36O2Si2.2ClH.Zr/c1-24(2,3)22-17-15-21(19-11-7-8-12-19,20-13-9-10-14-20)16-18-23-25(4,5)6;;;/h7-14,19-20H,15-18H2,1-6H3;2*1H;/q;;;+2/p-2. The van der Waals surface area contributed by atoms with Crippen molar-refractivity contribution in [3.63, 3.8) is 0 Å². The summed E-state index contributed by atoms with van der Waals surface area (Å²) in [6.45, 7) is 15.3. The average molecular weight is 539 g/mol. The molecule has 0 bridgehead atoms. The molecule has 0 amide bonds. The van der Waals surface area contributed by atoms with Gasteiger partial charge >= 0.3 is 26.2 Å². The van der Waals surface area contributed by atoms with Gasteiger partial charge in [0, 0.05) is 25.0 Å². The Balaban J connectivity index is 0. The maximum atomic E-state index is 6.26. The van der Waals surface area contributed by atoms with Gasteiger partial charge in [0.2, 0.25) is 0 Å². The van der Waals surface area contributed by atoms with Crippen molar-refractivity contribution in [2.45, 2.75) is 52.1 Å². The van der Waals surface area contributed by atoms with E-state index in [1.54, 1.807) is 0 Å². The van der Waals surface area contributed by atoms with Gasteiger partial charge in [-0.1, -0.05) is 48.6 Å². The second-order valence-corrected chi connectivity index (χ2v) is 18.3. The fraction of sp³-hybridized carbons (Fsp3) is 0.619. The molecule has 2 aliphatic rings. The van der Waals surface area contributed by atoms with E-state index in [0.717, 1.165) is 26.1 Å². The van der Waals surface area contributed by atoms with Gasteiger partial charge in [0.1, 0.15) is 0 Å². The van der Waals surface area contributed by atoms with Gasteiger partial charge in [-0.25, -0.2) is 0 Å². The van der Waals surface area contributed by atoms with Crippen LogP contribution in [0.5, 0.6) is 0 Å². The van der Waals surface area contributed by atoms with E-state index in [1.165, 1.54) is 0 Å². The van der Waals surface area contributed by atoms with Crippen molar-refractivity contribution < 1.29 is 59.9 Å². The van der Waals surface area contributed by atoms with Crippen LogP contribution in [0.3, 0.4) is 0 Å². The van der Waals surface area contributed by atoms with E-state index in [4.69, 9.17) is 8.85 Å². The first-order valence-electron chi connectivity index (χ1n) is 9.60. The molecule has 0 aromatic heterocycles. The third-order valence-electron chi connectivity index (χ3n) is 5.03. The molecule has 2 nitrogen and oxygen atoms in total. The predicted octanol–water partition coefficient (Wildman–Crippen LogP) is -0.0541. The number of halogens is 2. The Hall–Kier alpha value is 0.777. The largest absolute Gasteiger partial charge is 2.00 e. The van der Waals surface area contributed by atoms with Gasteiger partial charge in [0.05, 0.1) is 0 Å². The van der Waals surface area contributed by atoms with Crippen molar-refractivity contribution in [3.8, 4) is 0 Å². The Bertz CT molecular complexity index is 490. The Morgan fingerprint density at radius 2 is 0.929 bits per heavy atom. The van der Waals surface area contributed by atoms with Gasteiger partial charge in [-0.15, -0.1) is 0 Å². The van der Waals surface area contributed by atoms with Gasteiger partial charge in [0.15, 0.2) is 16.6 Å². The molecular weight excluding hydrogens is 503 g/mol. The number of rotatable bonds is 10. The molecule has 7 heteroatoms. The van der Waals surface area contributed by atoms with Gasteiger partial charge in [-0.05, 0) is 57.5 Å². The summed E-state index contributed by atoms with van der Waals surface area (Å²) in [6, 6.07) is 0. The third-order valence-corrected chi connectivity index (χ3v) is 7.17. The molecule has 0 saturated carbocycles. The van der Waals surface area contributed by atoms with E-state index in [1.807, 2.05) is 0 Å². The van der Waals surface area contributed by atoms with E-state index in [-0.39, 0.29) is 56.4 Å². The van der Waals surface area contributed by atoms with Crippen molar-refractivity contribution >= 4 is 16.6 Å². The van der Waals surface area contributed by atoms with Crippen LogP contribution in [0.15, 0.2) is 48.6 Å². The van der Waals surface area contributed by atoms with Crippen LogP contribution in [0.1, 0.15) is 12.8 Å². The zero-order chi connectivity index (χ0) is 18.6. The topological polar surface area (TPSA) is 18.5 Å². The SMILES string of the molecule is C[Si](C)(C)OCCC(CCO[Si](C)(C)C)(C1C=CC=C1)C1C=CC=C1.[Cl-].[Cl-].[Zr+2]. The van der Waals surface area contributed by atoms with Crippen LogP contribution < -0.4 is 24.8 Å². The molecule has 0 fully saturated rings. The summed E-state index contributed by atoms with van der Waals surface area (Å²) >= 11 is 0. The number of hydrogen-bond donors (Lipinski definition) is 0. The van der Waals surface area contributed by atoms with Gasteiger partial charge in [-0.2, -0.15) is 0 Å². The van der Waals surface area contributed by atoms with Gasteiger partial charge in [-0.3, -0.25) is 0 Å². The molecule has 0 aliphatic heterocycles. The van der Waals surface area contributed by atoms with Crippen molar-refractivity contribution in [2.24, 2.45) is 17.3 Å². The van der Waals surface area contributed by atoms with Crippen molar-refractivity contribution in [2.75, 3.05) is 13.2 Å². The molecule has 158 valence electrons. The molecular formula is C21H36Cl2O2Si2Zr. The first-order valence-corrected chi connectivity index (χ1v) is 16.4. The molecule has 28 heavy (non-hydrogen) atoms. The minimum atomic E-state index is -1.49. The van der Waals surface area contributed by atoms with Crippen LogP contribution >= 0.6 is 0 Å². The molecule has 0 saturated heterocycles. The Morgan fingerprint density at radius 3 is 1.18 bits per heavy atom. The maximum Gasteiger partial charge on any atom is 2.00 e. The molecule has 0 spiro atoms. The molecule has 0 atom stereocenters. The Morgan fingerprint density at radius 1 is 0.643 bits per heavy atom. The molecule has 2 aliphatic carbocycles. The summed E-state index contributed by atoms with van der Waals surface area (Å²) in [5, 5.41) is 0. The van der Waals surface area contributed by atoms with E-state index < -0.39 is 16.6 Å². The second-order valence-electron chi connectivity index (χ2n) is 9.25. The monoisotopic (exact) mass is 536 g/mol. The smallest absolute Gasteiger partial charge is 1.00 e. The van der Waals surface area contributed by atoms with E-state index >= 15 is 0 Å². The average Bonchev–Trinajstić information content (AvgIpc) is 3.17. The zero-order valence-electron chi connectivity index (χ0n) is 18.2. The molecule has 0 radical (unpaired) electrons. The van der Waals surface area contributed by atoms with Gasteiger partial charge in [0.25, 0.3) is 0 Å². The summed E-state index contributed by atoms with van der Waals surface area (Å²) < 4.78 is 12.5. The Kier molecular flexibility index (Phi) is 14.6. The van der Waals surface area contributed by atoms with E-state index in [2.05, 4.69) is 87.9 Å². The molecule has 0 aromatic rings. The number of hydrogen-bond acceptors (Lipinski definition) is 2. The first kappa shape index (κ1) is 31.0. The summed E-state index contributed by atoms with van der Waals surface area (Å²) in [5.41, 5.74) is 0.145. The first-order chi connectivity index (χ1) is 11.6. The summed E-state index contributed by atoms with van der Waals surface area (Å²) in [6.07, 6.45) is 20.4. The summed E-state index contributed by atoms with van der Waals surface area (Å²) in [5.74, 6) is 0.917. The number of allylic oxidation sites excluding steroid dienone is 8. The second kappa shape index (κ2) is 13.2. The normalized spacial score (nSPS) is 16.8. The fourth-order valence-electron chi connectivity index (χ4n) is 3.74. The summed E-state index contributed by atoms with van der Waals surface area (Å²) in [4.78, 5) is 0. The molecule has 2 rings (SSSR count). The van der Waals surface area contributed by atoms with Crippen LogP contribution in [0, 0.1) is 17.3 Å².